The van der Waals surface area contributed by atoms with Crippen LogP contribution in [0.4, 0.5) is 5.69 Å². The highest BCUT2D eigenvalue weighted by Crippen LogP contribution is 2.21. The molecule has 1 aromatic rings. The van der Waals surface area contributed by atoms with Crippen molar-refractivity contribution in [3.8, 4) is 5.75 Å². The summed E-state index contributed by atoms with van der Waals surface area (Å²) in [6.45, 7) is 0.777. The lowest BCUT2D eigenvalue weighted by Gasteiger charge is -2.19. The van der Waals surface area contributed by atoms with E-state index in [0.717, 1.165) is 18.0 Å². The molecule has 0 spiro atoms. The van der Waals surface area contributed by atoms with E-state index in [2.05, 4.69) is 5.43 Å². The molecule has 1 heterocycles. The van der Waals surface area contributed by atoms with Crippen LogP contribution in [-0.2, 0) is 0 Å². The highest BCUT2D eigenvalue weighted by Gasteiger charge is 2.11. The molecular formula is C10H13N3O. The van der Waals surface area contributed by atoms with Crippen molar-refractivity contribution in [1.29, 1.82) is 0 Å². The van der Waals surface area contributed by atoms with Crippen LogP contribution in [0.1, 0.15) is 0 Å². The molecule has 0 atom stereocenters. The summed E-state index contributed by atoms with van der Waals surface area (Å²) in [6.07, 6.45) is 1.93. The number of methoxy groups -OCH3 is 1. The second kappa shape index (κ2) is 3.49. The van der Waals surface area contributed by atoms with Crippen LogP contribution in [0.15, 0.2) is 36.2 Å². The first-order chi connectivity index (χ1) is 6.79. The largest absolute Gasteiger partial charge is 0.497 e. The quantitative estimate of drug-likeness (QED) is 0.726. The van der Waals surface area contributed by atoms with Gasteiger partial charge in [0.15, 0.2) is 0 Å². The Balaban J connectivity index is 2.17. The normalized spacial score (nSPS) is 14.9. The van der Waals surface area contributed by atoms with E-state index in [9.17, 15) is 0 Å². The maximum absolute atomic E-state index is 5.61. The maximum Gasteiger partial charge on any atom is 0.120 e. The van der Waals surface area contributed by atoms with Gasteiger partial charge in [0.25, 0.3) is 0 Å². The van der Waals surface area contributed by atoms with Gasteiger partial charge in [-0.25, -0.2) is 0 Å². The fourth-order valence-electron chi connectivity index (χ4n) is 1.39. The summed E-state index contributed by atoms with van der Waals surface area (Å²) < 4.78 is 5.14. The van der Waals surface area contributed by atoms with Gasteiger partial charge in [0.05, 0.1) is 19.3 Å². The SMILES string of the molecule is COc1cccc(N2CC=C(N)N2)c1. The third kappa shape index (κ3) is 1.59. The third-order valence-corrected chi connectivity index (χ3v) is 2.12. The van der Waals surface area contributed by atoms with Crippen LogP contribution >= 0.6 is 0 Å². The number of benzene rings is 1. The number of anilines is 1. The van der Waals surface area contributed by atoms with Gasteiger partial charge in [-0.3, -0.25) is 10.4 Å². The second-order valence-electron chi connectivity index (χ2n) is 3.08. The molecule has 0 amide bonds. The highest BCUT2D eigenvalue weighted by atomic mass is 16.5. The van der Waals surface area contributed by atoms with Crippen molar-refractivity contribution < 1.29 is 4.74 Å². The van der Waals surface area contributed by atoms with Gasteiger partial charge < -0.3 is 10.5 Å². The predicted molar refractivity (Wildman–Crippen MR) is 55.7 cm³/mol. The van der Waals surface area contributed by atoms with Crippen LogP contribution in [0.2, 0.25) is 0 Å². The van der Waals surface area contributed by atoms with E-state index in [1.807, 2.05) is 35.4 Å². The Morgan fingerprint density at radius 2 is 2.36 bits per heavy atom. The number of rotatable bonds is 2. The molecule has 0 unspecified atom stereocenters. The molecule has 1 aliphatic heterocycles. The van der Waals surface area contributed by atoms with Gasteiger partial charge in [0, 0.05) is 6.07 Å². The smallest absolute Gasteiger partial charge is 0.120 e. The van der Waals surface area contributed by atoms with E-state index >= 15 is 0 Å². The molecule has 0 bridgehead atoms. The molecule has 4 heteroatoms. The van der Waals surface area contributed by atoms with Gasteiger partial charge in [-0.15, -0.1) is 0 Å². The summed E-state index contributed by atoms with van der Waals surface area (Å²) in [7, 11) is 1.66. The summed E-state index contributed by atoms with van der Waals surface area (Å²) in [5.41, 5.74) is 9.69. The molecule has 14 heavy (non-hydrogen) atoms. The summed E-state index contributed by atoms with van der Waals surface area (Å²) in [5, 5.41) is 1.96. The van der Waals surface area contributed by atoms with Crippen LogP contribution in [0.3, 0.4) is 0 Å². The van der Waals surface area contributed by atoms with Crippen LogP contribution in [0.25, 0.3) is 0 Å². The Morgan fingerprint density at radius 3 is 3.00 bits per heavy atom. The average molecular weight is 191 g/mol. The van der Waals surface area contributed by atoms with E-state index in [4.69, 9.17) is 10.5 Å². The number of nitrogens with two attached hydrogens (primary N) is 1. The number of nitrogens with zero attached hydrogens (tertiary/aromatic N) is 1. The van der Waals surface area contributed by atoms with Crippen molar-refractivity contribution >= 4 is 5.69 Å². The van der Waals surface area contributed by atoms with Gasteiger partial charge in [-0.1, -0.05) is 6.07 Å². The van der Waals surface area contributed by atoms with Gasteiger partial charge in [0.1, 0.15) is 11.6 Å². The molecule has 0 fully saturated rings. The molecule has 3 N–H and O–H groups in total. The lowest BCUT2D eigenvalue weighted by Crippen LogP contribution is -2.33. The zero-order chi connectivity index (χ0) is 9.97. The molecule has 4 nitrogen and oxygen atoms in total. The summed E-state index contributed by atoms with van der Waals surface area (Å²) >= 11 is 0. The molecular weight excluding hydrogens is 178 g/mol. The molecule has 0 saturated carbocycles. The van der Waals surface area contributed by atoms with E-state index in [0.29, 0.717) is 5.82 Å². The highest BCUT2D eigenvalue weighted by molar-refractivity contribution is 5.51. The topological polar surface area (TPSA) is 50.5 Å². The van der Waals surface area contributed by atoms with Crippen LogP contribution in [-0.4, -0.2) is 13.7 Å². The van der Waals surface area contributed by atoms with Crippen molar-refractivity contribution in [3.05, 3.63) is 36.2 Å². The molecule has 0 radical (unpaired) electrons. The van der Waals surface area contributed by atoms with Crippen LogP contribution in [0, 0.1) is 0 Å². The number of hydrazine groups is 1. The van der Waals surface area contributed by atoms with E-state index in [1.54, 1.807) is 7.11 Å². The van der Waals surface area contributed by atoms with Gasteiger partial charge in [-0.05, 0) is 18.2 Å². The molecule has 1 aliphatic rings. The molecule has 2 rings (SSSR count). The lowest BCUT2D eigenvalue weighted by molar-refractivity contribution is 0.414. The number of ether oxygens (including phenoxy) is 1. The fourth-order valence-corrected chi connectivity index (χ4v) is 1.39. The Bertz CT molecular complexity index is 362. The summed E-state index contributed by atoms with van der Waals surface area (Å²) in [4.78, 5) is 0. The van der Waals surface area contributed by atoms with Crippen molar-refractivity contribution in [2.24, 2.45) is 5.73 Å². The Hall–Kier alpha value is -1.84. The second-order valence-corrected chi connectivity index (χ2v) is 3.08. The van der Waals surface area contributed by atoms with Crippen LogP contribution in [0.5, 0.6) is 5.75 Å². The molecule has 74 valence electrons. The Kier molecular flexibility index (Phi) is 2.18. The first-order valence-electron chi connectivity index (χ1n) is 4.43. The van der Waals surface area contributed by atoms with Gasteiger partial charge >= 0.3 is 0 Å². The van der Waals surface area contributed by atoms with E-state index < -0.39 is 0 Å². The monoisotopic (exact) mass is 191 g/mol. The minimum atomic E-state index is 0.688. The first kappa shape index (κ1) is 8.74. The van der Waals surface area contributed by atoms with E-state index in [-0.39, 0.29) is 0 Å². The molecule has 0 aliphatic carbocycles. The average Bonchev–Trinajstić information content (AvgIpc) is 2.65. The van der Waals surface area contributed by atoms with E-state index in [1.165, 1.54) is 0 Å². The Labute approximate surface area is 82.9 Å². The fraction of sp³-hybridized carbons (Fsp3) is 0.200. The van der Waals surface area contributed by atoms with Crippen molar-refractivity contribution in [2.45, 2.75) is 0 Å². The summed E-state index contributed by atoms with van der Waals surface area (Å²) in [6, 6.07) is 7.82. The number of hydrogen-bond donors (Lipinski definition) is 2. The predicted octanol–water partition coefficient (Wildman–Crippen LogP) is 0.820. The zero-order valence-corrected chi connectivity index (χ0v) is 8.03. The minimum absolute atomic E-state index is 0.688. The standard InChI is InChI=1S/C10H13N3O/c1-14-9-4-2-3-8(7-9)13-6-5-10(11)12-13/h2-5,7,12H,6,11H2,1H3. The van der Waals surface area contributed by atoms with Crippen molar-refractivity contribution in [1.82, 2.24) is 5.43 Å². The minimum Gasteiger partial charge on any atom is -0.497 e. The summed E-state index contributed by atoms with van der Waals surface area (Å²) in [5.74, 6) is 1.53. The molecule has 1 aromatic carbocycles. The lowest BCUT2D eigenvalue weighted by atomic mass is 10.3. The van der Waals surface area contributed by atoms with Gasteiger partial charge in [0.2, 0.25) is 0 Å². The van der Waals surface area contributed by atoms with Gasteiger partial charge in [-0.2, -0.15) is 0 Å². The number of hydrogen-bond acceptors (Lipinski definition) is 4. The van der Waals surface area contributed by atoms with Crippen LogP contribution < -0.4 is 20.9 Å². The maximum atomic E-state index is 5.61. The third-order valence-electron chi connectivity index (χ3n) is 2.12. The van der Waals surface area contributed by atoms with Crippen molar-refractivity contribution in [3.63, 3.8) is 0 Å². The first-order valence-corrected chi connectivity index (χ1v) is 4.43. The van der Waals surface area contributed by atoms with Crippen molar-refractivity contribution in [2.75, 3.05) is 18.7 Å². The number of nitrogens with one attached hydrogen (secondary N) is 1. The molecule has 0 saturated heterocycles. The Morgan fingerprint density at radius 1 is 1.50 bits per heavy atom. The molecule has 0 aromatic heterocycles. The zero-order valence-electron chi connectivity index (χ0n) is 8.03.